The molecule has 0 saturated heterocycles. The second-order valence-electron chi connectivity index (χ2n) is 8.51. The van der Waals surface area contributed by atoms with Crippen molar-refractivity contribution < 1.29 is 41.7 Å². The van der Waals surface area contributed by atoms with Crippen LogP contribution in [0.4, 0.5) is 0 Å². The maximum absolute atomic E-state index is 11.3. The van der Waals surface area contributed by atoms with Crippen molar-refractivity contribution in [2.24, 2.45) is 11.8 Å². The smallest absolute Gasteiger partial charge is 0.412 e. The zero-order valence-corrected chi connectivity index (χ0v) is 34.0. The van der Waals surface area contributed by atoms with Crippen molar-refractivity contribution in [3.8, 4) is 0 Å². The van der Waals surface area contributed by atoms with Gasteiger partial charge in [-0.05, 0) is 42.4 Å². The van der Waals surface area contributed by atoms with Gasteiger partial charge in [0.1, 0.15) is 18.3 Å². The standard InChI is InChI=1S/C15H18ClN3O.2C4H8N2S4.Mn.Zn/c1-11(12-2-3-12)15(20,8-19-10-17-9-18-19)13-4-6-14(16)7-5-13;2*7-3(8)5-1-2-6-4(9)10;;/h4-7,9-12,20H,2-3,8H2,1H3;2*1-2H2,(H2,5,7,8)(H2,6,9,10);;/q;;;2*+2/p-4. The molecule has 1 saturated carbocycles. The van der Waals surface area contributed by atoms with Gasteiger partial charge in [-0.3, -0.25) is 0 Å². The zero-order chi connectivity index (χ0) is 30.1. The molecule has 2 unspecified atom stereocenters. The average molecular weight is 833 g/mol. The van der Waals surface area contributed by atoms with E-state index in [9.17, 15) is 5.11 Å². The third-order valence-corrected chi connectivity index (χ3v) is 7.03. The van der Waals surface area contributed by atoms with Crippen LogP contribution in [-0.4, -0.2) is 63.3 Å². The fourth-order valence-corrected chi connectivity index (χ4v) is 4.38. The minimum atomic E-state index is -0.945. The Bertz CT molecular complexity index is 1020. The number of aliphatic hydroxyl groups is 1. The summed E-state index contributed by atoms with van der Waals surface area (Å²) in [6.45, 7) is 5.19. The van der Waals surface area contributed by atoms with Crippen LogP contribution in [-0.2, 0) is 99.2 Å². The second kappa shape index (κ2) is 24.4. The van der Waals surface area contributed by atoms with Gasteiger partial charge >= 0.3 is 36.5 Å². The Morgan fingerprint density at radius 3 is 1.64 bits per heavy atom. The molecule has 8 nitrogen and oxygen atoms in total. The molecule has 1 aliphatic rings. The number of hydrogen-bond donors (Lipinski definition) is 5. The van der Waals surface area contributed by atoms with E-state index in [1.54, 1.807) is 11.0 Å². The SMILES string of the molecule is CC(C1CC1)C(O)(Cn1cncn1)c1ccc(Cl)cc1.S=C([S-])NCCNC(=S)[S-].S=C([S-])NCCNC(=S)[S-].[Mn+2].[Zn+2]. The van der Waals surface area contributed by atoms with Gasteiger partial charge in [-0.2, -0.15) is 5.10 Å². The Hall–Kier alpha value is 0.193. The number of nitrogens with zero attached hydrogens (tertiary/aromatic N) is 3. The van der Waals surface area contributed by atoms with Gasteiger partial charge in [-0.1, -0.05) is 47.9 Å². The Morgan fingerprint density at radius 2 is 1.33 bits per heavy atom. The fourth-order valence-electron chi connectivity index (χ4n) is 3.44. The van der Waals surface area contributed by atoms with Gasteiger partial charge in [0.25, 0.3) is 0 Å². The van der Waals surface area contributed by atoms with Crippen LogP contribution in [0.25, 0.3) is 0 Å². The third kappa shape index (κ3) is 20.3. The van der Waals surface area contributed by atoms with Crippen LogP contribution in [0.2, 0.25) is 5.02 Å². The number of benzene rings is 1. The molecule has 1 aromatic carbocycles. The molecule has 0 bridgehead atoms. The number of nitrogens with one attached hydrogen (secondary N) is 4. The number of halogens is 1. The molecule has 2 atom stereocenters. The second-order valence-corrected chi connectivity index (χ2v) is 13.2. The molecule has 5 N–H and O–H groups in total. The first-order valence-corrected chi connectivity index (χ1v) is 15.6. The topological polar surface area (TPSA) is 99.1 Å². The first-order valence-electron chi connectivity index (χ1n) is 11.9. The van der Waals surface area contributed by atoms with Gasteiger partial charge in [0.15, 0.2) is 0 Å². The molecule has 0 spiro atoms. The summed E-state index contributed by atoms with van der Waals surface area (Å²) < 4.78 is 3.18. The average Bonchev–Trinajstić information content (AvgIpc) is 3.61. The number of thiocarbonyl (C=S) groups is 4. The molecule has 42 heavy (non-hydrogen) atoms. The van der Waals surface area contributed by atoms with Crippen molar-refractivity contribution in [2.75, 3.05) is 26.2 Å². The van der Waals surface area contributed by atoms with Crippen molar-refractivity contribution in [1.29, 1.82) is 0 Å². The van der Waals surface area contributed by atoms with E-state index in [2.05, 4.69) is 138 Å². The molecule has 1 heterocycles. The Labute approximate surface area is 320 Å². The van der Waals surface area contributed by atoms with Crippen LogP contribution in [0, 0.1) is 11.8 Å². The minimum Gasteiger partial charge on any atom is -0.412 e. The van der Waals surface area contributed by atoms with E-state index >= 15 is 0 Å². The Balaban J connectivity index is 0. The summed E-state index contributed by atoms with van der Waals surface area (Å²) in [7, 11) is 0. The van der Waals surface area contributed by atoms with Crippen LogP contribution < -0.4 is 21.3 Å². The molecular formula is C23H30ClMnN7OS8Zn. The number of rotatable bonds is 11. The van der Waals surface area contributed by atoms with Gasteiger partial charge in [-0.25, -0.2) is 9.67 Å². The monoisotopic (exact) mass is 830 g/mol. The Morgan fingerprint density at radius 1 is 0.929 bits per heavy atom. The van der Waals surface area contributed by atoms with Gasteiger partial charge in [0.05, 0.1) is 6.54 Å². The van der Waals surface area contributed by atoms with E-state index in [4.69, 9.17) is 11.6 Å². The van der Waals surface area contributed by atoms with E-state index in [0.29, 0.717) is 60.9 Å². The van der Waals surface area contributed by atoms with E-state index in [0.717, 1.165) is 5.56 Å². The predicted octanol–water partition coefficient (Wildman–Crippen LogP) is 2.52. The van der Waals surface area contributed by atoms with E-state index < -0.39 is 5.60 Å². The summed E-state index contributed by atoms with van der Waals surface area (Å²) in [5, 5.41) is 27.2. The quantitative estimate of drug-likeness (QED) is 0.0994. The molecule has 1 aliphatic carbocycles. The van der Waals surface area contributed by atoms with Gasteiger partial charge in [0.2, 0.25) is 0 Å². The predicted molar refractivity (Wildman–Crippen MR) is 189 cm³/mol. The summed E-state index contributed by atoms with van der Waals surface area (Å²) in [4.78, 5) is 3.95. The van der Waals surface area contributed by atoms with Gasteiger partial charge in [-0.15, -0.1) is 0 Å². The molecule has 1 aromatic heterocycles. The molecule has 0 amide bonds. The van der Waals surface area contributed by atoms with Gasteiger partial charge < -0.3 is 126 Å². The molecule has 227 valence electrons. The van der Waals surface area contributed by atoms with Gasteiger partial charge in [0, 0.05) is 31.2 Å². The normalized spacial score (nSPS) is 13.3. The van der Waals surface area contributed by atoms with E-state index in [-0.39, 0.29) is 42.5 Å². The summed E-state index contributed by atoms with van der Waals surface area (Å²) in [5.41, 5.74) is -0.0591. The number of hydrogen-bond acceptors (Lipinski definition) is 11. The molecule has 1 fully saturated rings. The summed E-state index contributed by atoms with van der Waals surface area (Å²) in [5.74, 6) is 0.757. The summed E-state index contributed by atoms with van der Waals surface area (Å²) >= 11 is 42.7. The zero-order valence-electron chi connectivity index (χ0n) is 22.6. The summed E-state index contributed by atoms with van der Waals surface area (Å²) in [6, 6.07) is 7.45. The maximum Gasteiger partial charge on any atom is 2.00 e. The molecule has 1 radical (unpaired) electrons. The van der Waals surface area contributed by atoms with E-state index in [1.165, 1.54) is 19.2 Å². The third-order valence-electron chi connectivity index (χ3n) is 5.62. The van der Waals surface area contributed by atoms with Crippen LogP contribution in [0.5, 0.6) is 0 Å². The molecule has 3 rings (SSSR count). The maximum atomic E-state index is 11.3. The van der Waals surface area contributed by atoms with Crippen molar-refractivity contribution in [1.82, 2.24) is 36.0 Å². The minimum absolute atomic E-state index is 0. The van der Waals surface area contributed by atoms with Crippen molar-refractivity contribution >= 4 is 128 Å². The molecule has 2 aromatic rings. The first-order chi connectivity index (χ1) is 18.8. The summed E-state index contributed by atoms with van der Waals surface area (Å²) in [6.07, 6.45) is 5.51. The van der Waals surface area contributed by atoms with Crippen LogP contribution >= 0.6 is 60.5 Å². The fraction of sp³-hybridized carbons (Fsp3) is 0.478. The first kappa shape index (κ1) is 44.3. The largest absolute Gasteiger partial charge is 2.00 e. The van der Waals surface area contributed by atoms with Crippen LogP contribution in [0.15, 0.2) is 36.9 Å². The van der Waals surface area contributed by atoms with Crippen LogP contribution in [0.3, 0.4) is 0 Å². The molecule has 19 heteroatoms. The van der Waals surface area contributed by atoms with E-state index in [1.807, 2.05) is 24.3 Å². The Kier molecular flexibility index (Phi) is 25.8. The van der Waals surface area contributed by atoms with Crippen LogP contribution in [0.1, 0.15) is 25.3 Å². The molecule has 0 aliphatic heterocycles. The van der Waals surface area contributed by atoms with Crippen molar-refractivity contribution in [3.05, 3.63) is 47.5 Å². The van der Waals surface area contributed by atoms with Crippen molar-refractivity contribution in [3.63, 3.8) is 0 Å². The number of aromatic nitrogens is 3. The molecular weight excluding hydrogens is 803 g/mol. The van der Waals surface area contributed by atoms with Crippen molar-refractivity contribution in [2.45, 2.75) is 31.9 Å².